The van der Waals surface area contributed by atoms with E-state index in [0.717, 1.165) is 0 Å². The van der Waals surface area contributed by atoms with Crippen LogP contribution in [0.25, 0.3) is 11.1 Å². The average molecular weight is 232 g/mol. The van der Waals surface area contributed by atoms with Crippen molar-refractivity contribution in [3.8, 4) is 11.1 Å². The molecule has 0 bridgehead atoms. The normalized spacial score (nSPS) is 10.2. The molecule has 0 amide bonds. The molecule has 4 nitrogen and oxygen atoms in total. The van der Waals surface area contributed by atoms with Crippen LogP contribution in [0.4, 0.5) is 10.1 Å². The van der Waals surface area contributed by atoms with Gasteiger partial charge in [0, 0.05) is 22.9 Å². The minimum absolute atomic E-state index is 0.145. The Morgan fingerprint density at radius 2 is 2.00 bits per heavy atom. The van der Waals surface area contributed by atoms with Crippen LogP contribution in [-0.4, -0.2) is 9.91 Å². The molecule has 0 saturated carbocycles. The first kappa shape index (κ1) is 11.2. The molecule has 0 atom stereocenters. The Kier molecular flexibility index (Phi) is 2.82. The molecule has 0 aliphatic rings. The standard InChI is InChI=1S/C12H9FN2O2/c1-8-11(6-9(7-14-8)15(16)17)10-4-2-3-5-12(10)13/h2-7H,1H3. The van der Waals surface area contributed by atoms with Crippen LogP contribution in [-0.2, 0) is 0 Å². The van der Waals surface area contributed by atoms with Gasteiger partial charge in [-0.25, -0.2) is 4.39 Å². The van der Waals surface area contributed by atoms with E-state index in [4.69, 9.17) is 0 Å². The van der Waals surface area contributed by atoms with Crippen LogP contribution >= 0.6 is 0 Å². The number of rotatable bonds is 2. The van der Waals surface area contributed by atoms with E-state index >= 15 is 0 Å². The number of hydrogen-bond acceptors (Lipinski definition) is 3. The van der Waals surface area contributed by atoms with Crippen LogP contribution in [0, 0.1) is 22.9 Å². The van der Waals surface area contributed by atoms with Gasteiger partial charge in [-0.3, -0.25) is 15.1 Å². The molecule has 1 aromatic carbocycles. The van der Waals surface area contributed by atoms with Crippen LogP contribution in [0.1, 0.15) is 5.69 Å². The van der Waals surface area contributed by atoms with E-state index in [0.29, 0.717) is 16.8 Å². The number of benzene rings is 1. The van der Waals surface area contributed by atoms with Crippen molar-refractivity contribution in [2.45, 2.75) is 6.92 Å². The van der Waals surface area contributed by atoms with Crippen molar-refractivity contribution in [1.82, 2.24) is 4.98 Å². The molecule has 0 radical (unpaired) electrons. The summed E-state index contributed by atoms with van der Waals surface area (Å²) in [5.74, 6) is -0.419. The topological polar surface area (TPSA) is 56.0 Å². The Hall–Kier alpha value is -2.30. The fourth-order valence-corrected chi connectivity index (χ4v) is 1.57. The van der Waals surface area contributed by atoms with Gasteiger partial charge in [-0.2, -0.15) is 0 Å². The van der Waals surface area contributed by atoms with Gasteiger partial charge in [0.2, 0.25) is 0 Å². The number of pyridine rings is 1. The monoisotopic (exact) mass is 232 g/mol. The average Bonchev–Trinajstić information content (AvgIpc) is 2.30. The van der Waals surface area contributed by atoms with Crippen molar-refractivity contribution in [1.29, 1.82) is 0 Å². The molecule has 1 heterocycles. The highest BCUT2D eigenvalue weighted by molar-refractivity contribution is 5.68. The van der Waals surface area contributed by atoms with Gasteiger partial charge in [0.1, 0.15) is 12.0 Å². The van der Waals surface area contributed by atoms with Crippen molar-refractivity contribution in [2.75, 3.05) is 0 Å². The Morgan fingerprint density at radius 1 is 1.29 bits per heavy atom. The molecular weight excluding hydrogens is 223 g/mol. The summed E-state index contributed by atoms with van der Waals surface area (Å²) in [4.78, 5) is 14.0. The number of nitrogens with zero attached hydrogens (tertiary/aromatic N) is 2. The molecule has 2 aromatic rings. The van der Waals surface area contributed by atoms with Gasteiger partial charge >= 0.3 is 0 Å². The maximum Gasteiger partial charge on any atom is 0.288 e. The molecule has 0 aliphatic carbocycles. The van der Waals surface area contributed by atoms with Gasteiger partial charge < -0.3 is 0 Å². The van der Waals surface area contributed by atoms with E-state index < -0.39 is 10.7 Å². The Bertz CT molecular complexity index is 584. The van der Waals surface area contributed by atoms with Crippen molar-refractivity contribution < 1.29 is 9.31 Å². The minimum atomic E-state index is -0.545. The van der Waals surface area contributed by atoms with Crippen LogP contribution in [0.2, 0.25) is 0 Å². The molecule has 1 aromatic heterocycles. The van der Waals surface area contributed by atoms with Crippen molar-refractivity contribution in [3.05, 3.63) is 58.2 Å². The summed E-state index contributed by atoms with van der Waals surface area (Å²) in [6.45, 7) is 1.69. The predicted octanol–water partition coefficient (Wildman–Crippen LogP) is 3.10. The summed E-state index contributed by atoms with van der Waals surface area (Å²) in [6.07, 6.45) is 1.17. The number of aryl methyl sites for hydroxylation is 1. The van der Waals surface area contributed by atoms with Crippen LogP contribution in [0.15, 0.2) is 36.5 Å². The second-order valence-electron chi connectivity index (χ2n) is 3.56. The largest absolute Gasteiger partial charge is 0.288 e. The van der Waals surface area contributed by atoms with Gasteiger partial charge in [-0.05, 0) is 13.0 Å². The lowest BCUT2D eigenvalue weighted by molar-refractivity contribution is -0.385. The first-order chi connectivity index (χ1) is 8.09. The second kappa shape index (κ2) is 4.29. The quantitative estimate of drug-likeness (QED) is 0.590. The lowest BCUT2D eigenvalue weighted by atomic mass is 10.0. The maximum absolute atomic E-state index is 13.6. The summed E-state index contributed by atoms with van der Waals surface area (Å²) in [7, 11) is 0. The van der Waals surface area contributed by atoms with E-state index in [1.807, 2.05) is 0 Å². The fourth-order valence-electron chi connectivity index (χ4n) is 1.57. The lowest BCUT2D eigenvalue weighted by Gasteiger charge is -2.05. The molecule has 2 rings (SSSR count). The van der Waals surface area contributed by atoms with E-state index in [1.165, 1.54) is 18.3 Å². The Morgan fingerprint density at radius 3 is 2.65 bits per heavy atom. The summed E-state index contributed by atoms with van der Waals surface area (Å²) >= 11 is 0. The summed E-state index contributed by atoms with van der Waals surface area (Å²) in [5.41, 5.74) is 1.17. The Labute approximate surface area is 96.9 Å². The third kappa shape index (κ3) is 2.13. The van der Waals surface area contributed by atoms with Gasteiger partial charge in [0.25, 0.3) is 5.69 Å². The van der Waals surface area contributed by atoms with Crippen LogP contribution < -0.4 is 0 Å². The zero-order valence-corrected chi connectivity index (χ0v) is 9.05. The number of aromatic nitrogens is 1. The molecule has 0 fully saturated rings. The van der Waals surface area contributed by atoms with Crippen molar-refractivity contribution >= 4 is 5.69 Å². The molecule has 5 heteroatoms. The molecule has 0 saturated heterocycles. The molecule has 0 aliphatic heterocycles. The van der Waals surface area contributed by atoms with Crippen molar-refractivity contribution in [2.24, 2.45) is 0 Å². The van der Waals surface area contributed by atoms with Gasteiger partial charge in [0.15, 0.2) is 0 Å². The van der Waals surface area contributed by atoms with E-state index in [1.54, 1.807) is 25.1 Å². The number of halogens is 1. The third-order valence-corrected chi connectivity index (χ3v) is 2.45. The first-order valence-corrected chi connectivity index (χ1v) is 4.95. The molecule has 17 heavy (non-hydrogen) atoms. The van der Waals surface area contributed by atoms with Crippen molar-refractivity contribution in [3.63, 3.8) is 0 Å². The van der Waals surface area contributed by atoms with Gasteiger partial charge in [-0.1, -0.05) is 18.2 Å². The first-order valence-electron chi connectivity index (χ1n) is 4.95. The minimum Gasteiger partial charge on any atom is -0.258 e. The highest BCUT2D eigenvalue weighted by Gasteiger charge is 2.13. The zero-order chi connectivity index (χ0) is 12.4. The molecule has 0 spiro atoms. The SMILES string of the molecule is Cc1ncc([N+](=O)[O-])cc1-c1ccccc1F. The molecule has 0 unspecified atom stereocenters. The summed E-state index contributed by atoms with van der Waals surface area (Å²) < 4.78 is 13.6. The number of hydrogen-bond donors (Lipinski definition) is 0. The van der Waals surface area contributed by atoms with E-state index in [2.05, 4.69) is 4.98 Å². The highest BCUT2D eigenvalue weighted by Crippen LogP contribution is 2.27. The molecular formula is C12H9FN2O2. The lowest BCUT2D eigenvalue weighted by Crippen LogP contribution is -1.95. The number of nitro groups is 1. The van der Waals surface area contributed by atoms with E-state index in [-0.39, 0.29) is 5.69 Å². The third-order valence-electron chi connectivity index (χ3n) is 2.45. The molecule has 0 N–H and O–H groups in total. The van der Waals surface area contributed by atoms with Gasteiger partial charge in [-0.15, -0.1) is 0 Å². The van der Waals surface area contributed by atoms with Gasteiger partial charge in [0.05, 0.1) is 4.92 Å². The highest BCUT2D eigenvalue weighted by atomic mass is 19.1. The van der Waals surface area contributed by atoms with E-state index in [9.17, 15) is 14.5 Å². The maximum atomic E-state index is 13.6. The van der Waals surface area contributed by atoms with Crippen LogP contribution in [0.5, 0.6) is 0 Å². The summed E-state index contributed by atoms with van der Waals surface area (Å²) in [5, 5.41) is 10.7. The predicted molar refractivity (Wildman–Crippen MR) is 61.0 cm³/mol. The zero-order valence-electron chi connectivity index (χ0n) is 9.05. The smallest absolute Gasteiger partial charge is 0.258 e. The Balaban J connectivity index is 2.63. The van der Waals surface area contributed by atoms with Crippen LogP contribution in [0.3, 0.4) is 0 Å². The molecule has 86 valence electrons. The second-order valence-corrected chi connectivity index (χ2v) is 3.56. The fraction of sp³-hybridized carbons (Fsp3) is 0.0833. The summed E-state index contributed by atoms with van der Waals surface area (Å²) in [6, 6.07) is 7.47.